The first-order valence-electron chi connectivity index (χ1n) is 7.10. The van der Waals surface area contributed by atoms with Gasteiger partial charge in [0.15, 0.2) is 6.23 Å². The van der Waals surface area contributed by atoms with Crippen LogP contribution in [0.2, 0.25) is 0 Å². The lowest BCUT2D eigenvalue weighted by molar-refractivity contribution is -0.0378. The van der Waals surface area contributed by atoms with Crippen LogP contribution in [-0.2, 0) is 31.6 Å². The summed E-state index contributed by atoms with van der Waals surface area (Å²) in [4.78, 5) is 39.1. The topological polar surface area (TPSA) is 213 Å². The molecule has 0 amide bonds. The van der Waals surface area contributed by atoms with Gasteiger partial charge in [-0.15, -0.1) is 0 Å². The van der Waals surface area contributed by atoms with Crippen LogP contribution in [0.25, 0.3) is 0 Å². The summed E-state index contributed by atoms with van der Waals surface area (Å²) in [6.07, 6.45) is -2.88. The van der Waals surface area contributed by atoms with Crippen molar-refractivity contribution in [2.45, 2.75) is 24.9 Å². The third-order valence-electron chi connectivity index (χ3n) is 3.09. The first kappa shape index (κ1) is 23.7. The lowest BCUT2D eigenvalue weighted by Gasteiger charge is -2.19. The van der Waals surface area contributed by atoms with Crippen LogP contribution in [0.5, 0.6) is 0 Å². The Morgan fingerprint density at radius 3 is 2.50 bits per heavy atom. The largest absolute Gasteiger partial charge is 0.490 e. The van der Waals surface area contributed by atoms with Gasteiger partial charge in [0.2, 0.25) is 4.77 Å². The molecular weight excluding hydrogens is 470 g/mol. The van der Waals surface area contributed by atoms with Crippen molar-refractivity contribution in [2.24, 2.45) is 0 Å². The quantitative estimate of drug-likeness (QED) is 0.258. The van der Waals surface area contributed by atoms with Gasteiger partial charge >= 0.3 is 23.5 Å². The molecule has 0 aliphatic carbocycles. The molecule has 1 aromatic heterocycles. The molecule has 0 bridgehead atoms. The van der Waals surface area contributed by atoms with Gasteiger partial charge in [-0.2, -0.15) is 8.62 Å². The number of hydrogen-bond acceptors (Lipinski definition) is 10. The number of ether oxygens (including phenoxy) is 1. The zero-order valence-electron chi connectivity index (χ0n) is 13.5. The number of nitrogens with zero attached hydrogens (tertiary/aromatic N) is 2. The fourth-order valence-electron chi connectivity index (χ4n) is 2.15. The van der Waals surface area contributed by atoms with Crippen molar-refractivity contribution < 1.29 is 55.5 Å². The number of phosphoric ester groups is 1. The number of anilines is 1. The Morgan fingerprint density at radius 1 is 1.29 bits per heavy atom. The molecular formula is C9H15FN3O11P3S. The number of aromatic nitrogens is 2. The van der Waals surface area contributed by atoms with E-state index in [0.717, 1.165) is 0 Å². The summed E-state index contributed by atoms with van der Waals surface area (Å²) in [5, 5.41) is 0. The van der Waals surface area contributed by atoms with E-state index in [4.69, 9.17) is 37.4 Å². The zero-order valence-corrected chi connectivity index (χ0v) is 17.0. The number of hydrogen-bond donors (Lipinski definition) is 5. The summed E-state index contributed by atoms with van der Waals surface area (Å²) < 4.78 is 65.6. The molecule has 0 aromatic carbocycles. The molecule has 1 fully saturated rings. The van der Waals surface area contributed by atoms with E-state index >= 15 is 0 Å². The fraction of sp³-hybridized carbons (Fsp3) is 0.556. The van der Waals surface area contributed by atoms with Gasteiger partial charge in [0.25, 0.3) is 0 Å². The molecule has 1 aliphatic heterocycles. The molecule has 0 spiro atoms. The van der Waals surface area contributed by atoms with Crippen molar-refractivity contribution >= 4 is 41.5 Å². The zero-order chi connectivity index (χ0) is 21.3. The molecule has 1 aliphatic rings. The van der Waals surface area contributed by atoms with Crippen LogP contribution in [0.1, 0.15) is 12.6 Å². The maximum atomic E-state index is 14.2. The number of nitrogen functional groups attached to an aromatic ring is 1. The van der Waals surface area contributed by atoms with Gasteiger partial charge in [-0.1, -0.05) is 0 Å². The highest BCUT2D eigenvalue weighted by molar-refractivity contribution is 7.71. The average molecular weight is 485 g/mol. The van der Waals surface area contributed by atoms with Crippen molar-refractivity contribution in [3.63, 3.8) is 0 Å². The van der Waals surface area contributed by atoms with Gasteiger partial charge in [0.1, 0.15) is 12.0 Å². The highest BCUT2D eigenvalue weighted by Crippen LogP contribution is 2.66. The van der Waals surface area contributed by atoms with E-state index in [1.54, 1.807) is 0 Å². The Balaban J connectivity index is 1.97. The summed E-state index contributed by atoms with van der Waals surface area (Å²) in [5.74, 6) is 0.110. The van der Waals surface area contributed by atoms with E-state index in [9.17, 15) is 23.0 Å². The summed E-state index contributed by atoms with van der Waals surface area (Å²) in [5.41, 5.74) is 5.45. The predicted molar refractivity (Wildman–Crippen MR) is 90.7 cm³/mol. The van der Waals surface area contributed by atoms with Crippen LogP contribution in [-0.4, -0.2) is 48.0 Å². The smallest absolute Gasteiger partial charge is 0.384 e. The van der Waals surface area contributed by atoms with Crippen molar-refractivity contribution in [1.82, 2.24) is 9.55 Å². The van der Waals surface area contributed by atoms with E-state index in [1.807, 2.05) is 0 Å². The Bertz CT molecular complexity index is 924. The summed E-state index contributed by atoms with van der Waals surface area (Å²) in [7, 11) is -16.5. The van der Waals surface area contributed by atoms with Crippen LogP contribution >= 0.6 is 35.7 Å². The number of halogens is 1. The predicted octanol–water partition coefficient (Wildman–Crippen LogP) is 1.16. The molecule has 0 saturated carbocycles. The van der Waals surface area contributed by atoms with Crippen LogP contribution in [0.4, 0.5) is 10.2 Å². The van der Waals surface area contributed by atoms with E-state index < -0.39 is 48.6 Å². The first-order chi connectivity index (χ1) is 12.7. The van der Waals surface area contributed by atoms with Gasteiger partial charge in [-0.05, 0) is 18.3 Å². The SMILES string of the molecule is Nc1ccn([C@@H]2O[C@H](COP(=O)(O)OP(=O)(O)OP(=O)(O)O)CC2F)c(=S)n1. The molecule has 2 rings (SSSR count). The maximum absolute atomic E-state index is 14.2. The lowest BCUT2D eigenvalue weighted by Crippen LogP contribution is -2.19. The standard InChI is InChI=1S/C9H15FN3O11P3S/c10-6-3-5(22-8(6)13-2-1-7(11)12-9(13)28)4-21-26(17,18)24-27(19,20)23-25(14,15)16/h1-2,5-6,8H,3-4H2,(H,17,18)(H,19,20)(H2,11,12,28)(H2,14,15,16)/t5-,6?,8+/m0/s1. The second-order valence-electron chi connectivity index (χ2n) is 5.33. The number of rotatable bonds is 8. The summed E-state index contributed by atoms with van der Waals surface area (Å²) >= 11 is 4.95. The minimum atomic E-state index is -5.63. The lowest BCUT2D eigenvalue weighted by atomic mass is 10.2. The van der Waals surface area contributed by atoms with Crippen LogP contribution in [0.3, 0.4) is 0 Å². The van der Waals surface area contributed by atoms with Gasteiger partial charge in [-0.25, -0.2) is 23.1 Å². The van der Waals surface area contributed by atoms with Gasteiger partial charge < -0.3 is 30.0 Å². The van der Waals surface area contributed by atoms with Crippen molar-refractivity contribution in [3.8, 4) is 0 Å². The normalized spacial score (nSPS) is 27.2. The Kier molecular flexibility index (Phi) is 7.31. The summed E-state index contributed by atoms with van der Waals surface area (Å²) in [6, 6.07) is 1.35. The molecule has 0 radical (unpaired) electrons. The molecule has 14 nitrogen and oxygen atoms in total. The molecule has 6 N–H and O–H groups in total. The molecule has 5 atom stereocenters. The molecule has 1 saturated heterocycles. The number of nitrogens with two attached hydrogens (primary N) is 1. The fourth-order valence-corrected chi connectivity index (χ4v) is 5.47. The first-order valence-corrected chi connectivity index (χ1v) is 12.0. The molecule has 3 unspecified atom stereocenters. The van der Waals surface area contributed by atoms with E-state index in [2.05, 4.69) is 18.1 Å². The van der Waals surface area contributed by atoms with Crippen LogP contribution < -0.4 is 5.73 Å². The summed E-state index contributed by atoms with van der Waals surface area (Å²) in [6.45, 7) is -0.768. The van der Waals surface area contributed by atoms with Gasteiger partial charge in [0, 0.05) is 12.6 Å². The molecule has 28 heavy (non-hydrogen) atoms. The second kappa shape index (κ2) is 8.64. The maximum Gasteiger partial charge on any atom is 0.490 e. The minimum absolute atomic E-state index is 0.0683. The Hall–Kier alpha value is -0.600. The van der Waals surface area contributed by atoms with Crippen molar-refractivity contribution in [2.75, 3.05) is 12.3 Å². The highest BCUT2D eigenvalue weighted by atomic mass is 32.1. The molecule has 19 heteroatoms. The van der Waals surface area contributed by atoms with Crippen LogP contribution in [0.15, 0.2) is 12.3 Å². The highest BCUT2D eigenvalue weighted by Gasteiger charge is 2.42. The molecule has 2 heterocycles. The van der Waals surface area contributed by atoms with E-state index in [-0.39, 0.29) is 17.0 Å². The monoisotopic (exact) mass is 485 g/mol. The van der Waals surface area contributed by atoms with Crippen LogP contribution in [0, 0.1) is 4.77 Å². The van der Waals surface area contributed by atoms with Crippen molar-refractivity contribution in [1.29, 1.82) is 0 Å². The van der Waals surface area contributed by atoms with E-state index in [0.29, 0.717) is 0 Å². The second-order valence-corrected chi connectivity index (χ2v) is 10.1. The van der Waals surface area contributed by atoms with Gasteiger partial charge in [0.05, 0.1) is 12.7 Å². The molecule has 160 valence electrons. The van der Waals surface area contributed by atoms with E-state index in [1.165, 1.54) is 16.8 Å². The third-order valence-corrected chi connectivity index (χ3v) is 7.20. The number of alkyl halides is 1. The minimum Gasteiger partial charge on any atom is -0.384 e. The third kappa shape index (κ3) is 7.02. The Morgan fingerprint density at radius 2 is 1.93 bits per heavy atom. The van der Waals surface area contributed by atoms with Crippen molar-refractivity contribution in [3.05, 3.63) is 17.0 Å². The van der Waals surface area contributed by atoms with Gasteiger partial charge in [-0.3, -0.25) is 9.09 Å². The number of phosphoric acid groups is 3. The Labute approximate surface area is 161 Å². The molecule has 1 aromatic rings. The average Bonchev–Trinajstić information content (AvgIpc) is 2.82.